The van der Waals surface area contributed by atoms with Crippen molar-refractivity contribution in [1.29, 1.82) is 0 Å². The van der Waals surface area contributed by atoms with Gasteiger partial charge in [-0.15, -0.1) is 0 Å². The monoisotopic (exact) mass is 331 g/mol. The predicted molar refractivity (Wildman–Crippen MR) is 88.3 cm³/mol. The summed E-state index contributed by atoms with van der Waals surface area (Å²) >= 11 is 0. The highest BCUT2D eigenvalue weighted by atomic mass is 16.6. The van der Waals surface area contributed by atoms with Gasteiger partial charge in [-0.25, -0.2) is 4.98 Å². The van der Waals surface area contributed by atoms with Crippen LogP contribution < -0.4 is 0 Å². The van der Waals surface area contributed by atoms with Crippen LogP contribution in [0, 0.1) is 10.1 Å². The molecule has 0 bridgehead atoms. The van der Waals surface area contributed by atoms with Crippen LogP contribution in [0.15, 0.2) is 34.9 Å². The van der Waals surface area contributed by atoms with E-state index in [1.807, 2.05) is 13.8 Å². The maximum atomic E-state index is 10.7. The molecule has 0 saturated carbocycles. The molecule has 0 amide bonds. The summed E-state index contributed by atoms with van der Waals surface area (Å²) in [5.41, 5.74) is 0.781. The first kappa shape index (κ1) is 16.6. The van der Waals surface area contributed by atoms with E-state index in [4.69, 9.17) is 4.42 Å². The summed E-state index contributed by atoms with van der Waals surface area (Å²) in [6.45, 7) is 5.21. The van der Waals surface area contributed by atoms with Crippen molar-refractivity contribution in [1.82, 2.24) is 9.88 Å². The van der Waals surface area contributed by atoms with Crippen LogP contribution in [0.25, 0.3) is 11.5 Å². The van der Waals surface area contributed by atoms with Crippen LogP contribution in [0.4, 0.5) is 5.69 Å². The highest BCUT2D eigenvalue weighted by Gasteiger charge is 2.36. The van der Waals surface area contributed by atoms with Crippen molar-refractivity contribution in [3.8, 4) is 11.5 Å². The lowest BCUT2D eigenvalue weighted by Crippen LogP contribution is -2.45. The van der Waals surface area contributed by atoms with Crippen LogP contribution in [0.2, 0.25) is 0 Å². The van der Waals surface area contributed by atoms with E-state index >= 15 is 0 Å². The third-order valence-electron chi connectivity index (χ3n) is 4.42. The fourth-order valence-corrected chi connectivity index (χ4v) is 3.26. The lowest BCUT2D eigenvalue weighted by molar-refractivity contribution is -0.384. The summed E-state index contributed by atoms with van der Waals surface area (Å²) in [7, 11) is 0. The van der Waals surface area contributed by atoms with E-state index < -0.39 is 10.5 Å². The van der Waals surface area contributed by atoms with Crippen molar-refractivity contribution in [2.45, 2.75) is 44.9 Å². The van der Waals surface area contributed by atoms with Crippen LogP contribution in [0.1, 0.15) is 32.4 Å². The minimum Gasteiger partial charge on any atom is -0.444 e. The van der Waals surface area contributed by atoms with E-state index in [-0.39, 0.29) is 11.7 Å². The van der Waals surface area contributed by atoms with Crippen LogP contribution in [-0.4, -0.2) is 38.1 Å². The van der Waals surface area contributed by atoms with Crippen molar-refractivity contribution in [3.63, 3.8) is 0 Å². The van der Waals surface area contributed by atoms with Gasteiger partial charge in [0.05, 0.1) is 16.2 Å². The lowest BCUT2D eigenvalue weighted by Gasteiger charge is -2.33. The van der Waals surface area contributed by atoms with Gasteiger partial charge in [0.15, 0.2) is 0 Å². The number of non-ortho nitro benzene ring substituents is 1. The molecule has 1 unspecified atom stereocenters. The number of oxazole rings is 1. The van der Waals surface area contributed by atoms with E-state index in [0.29, 0.717) is 18.0 Å². The molecule has 24 heavy (non-hydrogen) atoms. The third-order valence-corrected chi connectivity index (χ3v) is 4.42. The molecule has 1 atom stereocenters. The van der Waals surface area contributed by atoms with E-state index in [9.17, 15) is 15.2 Å². The van der Waals surface area contributed by atoms with Gasteiger partial charge in [0.25, 0.3) is 5.69 Å². The Morgan fingerprint density at radius 3 is 2.75 bits per heavy atom. The number of aromatic nitrogens is 1. The summed E-state index contributed by atoms with van der Waals surface area (Å²) in [6.07, 6.45) is 3.63. The predicted octanol–water partition coefficient (Wildman–Crippen LogP) is 2.99. The minimum absolute atomic E-state index is 0.0376. The van der Waals surface area contributed by atoms with Gasteiger partial charge in [-0.05, 0) is 45.4 Å². The Labute approximate surface area is 140 Å². The Kier molecular flexibility index (Phi) is 4.38. The molecule has 1 aliphatic heterocycles. The first-order valence-corrected chi connectivity index (χ1v) is 8.00. The van der Waals surface area contributed by atoms with Crippen molar-refractivity contribution in [2.24, 2.45) is 0 Å². The minimum atomic E-state index is -0.749. The number of nitro groups is 1. The number of rotatable bonds is 5. The van der Waals surface area contributed by atoms with E-state index in [2.05, 4.69) is 9.88 Å². The van der Waals surface area contributed by atoms with Crippen LogP contribution >= 0.6 is 0 Å². The smallest absolute Gasteiger partial charge is 0.269 e. The summed E-state index contributed by atoms with van der Waals surface area (Å²) in [5, 5.41) is 21.0. The summed E-state index contributed by atoms with van der Waals surface area (Å²) in [6, 6.07) is 6.23. The summed E-state index contributed by atoms with van der Waals surface area (Å²) < 4.78 is 5.51. The summed E-state index contributed by atoms with van der Waals surface area (Å²) in [5.74, 6) is 0.443. The Bertz CT molecular complexity index is 718. The van der Waals surface area contributed by atoms with Crippen molar-refractivity contribution < 1.29 is 14.4 Å². The molecule has 0 radical (unpaired) electrons. The standard InChI is InChI=1S/C17H21N3O4/c1-17(2,21)15-4-3-9-19(15)10-13-11-24-16(18-13)12-5-7-14(8-6-12)20(22)23/h5-8,11,15,21H,3-4,9-10H2,1-2H3. The SMILES string of the molecule is CC(C)(O)C1CCCN1Cc1coc(-c2ccc([N+](=O)[O-])cc2)n1. The Balaban J connectivity index is 1.72. The van der Waals surface area contributed by atoms with Gasteiger partial charge in [-0.1, -0.05) is 0 Å². The van der Waals surface area contributed by atoms with Gasteiger partial charge >= 0.3 is 0 Å². The molecule has 0 aliphatic carbocycles. The highest BCUT2D eigenvalue weighted by molar-refractivity contribution is 5.55. The van der Waals surface area contributed by atoms with E-state index in [0.717, 1.165) is 25.1 Å². The van der Waals surface area contributed by atoms with E-state index in [1.165, 1.54) is 12.1 Å². The van der Waals surface area contributed by atoms with Crippen LogP contribution in [-0.2, 0) is 6.54 Å². The fraction of sp³-hybridized carbons (Fsp3) is 0.471. The second-order valence-corrected chi connectivity index (χ2v) is 6.73. The molecule has 1 fully saturated rings. The molecule has 2 aromatic rings. The molecule has 0 spiro atoms. The van der Waals surface area contributed by atoms with E-state index in [1.54, 1.807) is 18.4 Å². The van der Waals surface area contributed by atoms with Crippen molar-refractivity contribution in [3.05, 3.63) is 46.3 Å². The van der Waals surface area contributed by atoms with Gasteiger partial charge in [-0.2, -0.15) is 0 Å². The molecule has 1 aliphatic rings. The van der Waals surface area contributed by atoms with Gasteiger partial charge in [-0.3, -0.25) is 15.0 Å². The number of nitro benzene ring substituents is 1. The zero-order chi connectivity index (χ0) is 17.3. The molecule has 1 aromatic carbocycles. The van der Waals surface area contributed by atoms with Crippen LogP contribution in [0.5, 0.6) is 0 Å². The number of nitrogens with zero attached hydrogens (tertiary/aromatic N) is 3. The molecule has 7 heteroatoms. The zero-order valence-electron chi connectivity index (χ0n) is 13.8. The molecule has 1 N–H and O–H groups in total. The lowest BCUT2D eigenvalue weighted by atomic mass is 9.96. The Hall–Kier alpha value is -2.25. The van der Waals surface area contributed by atoms with Crippen LogP contribution in [0.3, 0.4) is 0 Å². The van der Waals surface area contributed by atoms with Gasteiger partial charge in [0.2, 0.25) is 5.89 Å². The molecule has 1 aromatic heterocycles. The zero-order valence-corrected chi connectivity index (χ0v) is 13.8. The number of benzene rings is 1. The molecular weight excluding hydrogens is 310 g/mol. The van der Waals surface area contributed by atoms with Gasteiger partial charge in [0.1, 0.15) is 6.26 Å². The highest BCUT2D eigenvalue weighted by Crippen LogP contribution is 2.29. The largest absolute Gasteiger partial charge is 0.444 e. The average Bonchev–Trinajstić information content (AvgIpc) is 3.16. The maximum Gasteiger partial charge on any atom is 0.269 e. The van der Waals surface area contributed by atoms with Gasteiger partial charge < -0.3 is 9.52 Å². The molecule has 7 nitrogen and oxygen atoms in total. The number of hydrogen-bond acceptors (Lipinski definition) is 6. The molecule has 3 rings (SSSR count). The Morgan fingerprint density at radius 1 is 1.42 bits per heavy atom. The number of likely N-dealkylation sites (tertiary alicyclic amines) is 1. The third kappa shape index (κ3) is 3.47. The van der Waals surface area contributed by atoms with Crippen molar-refractivity contribution >= 4 is 5.69 Å². The maximum absolute atomic E-state index is 10.7. The molecule has 128 valence electrons. The first-order chi connectivity index (χ1) is 11.3. The fourth-order valence-electron chi connectivity index (χ4n) is 3.26. The molecular formula is C17H21N3O4. The topological polar surface area (TPSA) is 92.6 Å². The second kappa shape index (κ2) is 6.33. The van der Waals surface area contributed by atoms with Gasteiger partial charge in [0, 0.05) is 30.3 Å². The number of aliphatic hydroxyl groups is 1. The first-order valence-electron chi connectivity index (χ1n) is 8.00. The molecule has 1 saturated heterocycles. The molecule has 2 heterocycles. The quantitative estimate of drug-likeness (QED) is 0.669. The number of hydrogen-bond donors (Lipinski definition) is 1. The Morgan fingerprint density at radius 2 is 2.12 bits per heavy atom. The van der Waals surface area contributed by atoms with Crippen molar-refractivity contribution in [2.75, 3.05) is 6.54 Å². The average molecular weight is 331 g/mol. The summed E-state index contributed by atoms with van der Waals surface area (Å²) in [4.78, 5) is 17.0. The second-order valence-electron chi connectivity index (χ2n) is 6.73. The normalized spacial score (nSPS) is 18.9.